The van der Waals surface area contributed by atoms with E-state index >= 15 is 0 Å². The summed E-state index contributed by atoms with van der Waals surface area (Å²) in [6, 6.07) is 14.4. The molecule has 2 aromatic carbocycles. The third-order valence-electron chi connectivity index (χ3n) is 4.67. The Kier molecular flexibility index (Phi) is 4.84. The monoisotopic (exact) mass is 355 g/mol. The van der Waals surface area contributed by atoms with E-state index in [0.717, 1.165) is 29.8 Å². The Hall–Kier alpha value is -3.02. The molecule has 1 saturated carbocycles. The fourth-order valence-corrected chi connectivity index (χ4v) is 3.11. The molecule has 0 unspecified atom stereocenters. The first-order chi connectivity index (χ1) is 12.5. The summed E-state index contributed by atoms with van der Waals surface area (Å²) in [6.45, 7) is -0.398. The minimum atomic E-state index is -1.03. The number of methoxy groups -OCH3 is 1. The molecule has 3 rings (SSSR count). The number of aliphatic carboxylic acids is 1. The fourth-order valence-electron chi connectivity index (χ4n) is 3.11. The molecule has 0 radical (unpaired) electrons. The summed E-state index contributed by atoms with van der Waals surface area (Å²) in [5.74, 6) is 0.155. The number of amides is 1. The van der Waals surface area contributed by atoms with Crippen LogP contribution in [0.15, 0.2) is 48.5 Å². The minimum Gasteiger partial charge on any atom is -0.496 e. The zero-order valence-electron chi connectivity index (χ0n) is 14.8. The lowest BCUT2D eigenvalue weighted by Gasteiger charge is -2.25. The van der Waals surface area contributed by atoms with Crippen molar-refractivity contribution in [2.24, 2.45) is 0 Å². The lowest BCUT2D eigenvalue weighted by molar-refractivity contribution is -0.139. The van der Waals surface area contributed by atoms with Crippen LogP contribution in [0.4, 0.5) is 5.69 Å². The summed E-state index contributed by atoms with van der Waals surface area (Å²) in [5.41, 5.74) is 1.10. The van der Waals surface area contributed by atoms with Crippen molar-refractivity contribution in [2.45, 2.75) is 18.3 Å². The fraction of sp³-hybridized carbons (Fsp3) is 0.300. The van der Waals surface area contributed by atoms with Crippen molar-refractivity contribution >= 4 is 17.6 Å². The number of likely N-dealkylation sites (N-methyl/N-ethyl adjacent to an activating group) is 1. The molecule has 1 fully saturated rings. The van der Waals surface area contributed by atoms with Crippen molar-refractivity contribution < 1.29 is 24.2 Å². The van der Waals surface area contributed by atoms with Gasteiger partial charge in [0, 0.05) is 18.3 Å². The highest BCUT2D eigenvalue weighted by Crippen LogP contribution is 2.52. The Morgan fingerprint density at radius 1 is 1.12 bits per heavy atom. The van der Waals surface area contributed by atoms with Crippen LogP contribution in [-0.2, 0) is 15.0 Å². The normalized spacial score (nSPS) is 14.4. The summed E-state index contributed by atoms with van der Waals surface area (Å²) < 4.78 is 10.6. The maximum Gasteiger partial charge on any atom is 0.341 e. The molecule has 0 spiro atoms. The number of benzene rings is 2. The number of carboxylic acid groups (broad SMARTS) is 1. The van der Waals surface area contributed by atoms with Gasteiger partial charge in [-0.25, -0.2) is 4.79 Å². The maximum atomic E-state index is 13.2. The molecule has 1 N–H and O–H groups in total. The largest absolute Gasteiger partial charge is 0.496 e. The number of nitrogens with zero attached hydrogens (tertiary/aromatic N) is 1. The number of anilines is 1. The molecule has 0 saturated heterocycles. The molecule has 6 nitrogen and oxygen atoms in total. The van der Waals surface area contributed by atoms with Gasteiger partial charge >= 0.3 is 5.97 Å². The molecule has 0 aromatic heterocycles. The topological polar surface area (TPSA) is 76.1 Å². The van der Waals surface area contributed by atoms with Crippen molar-refractivity contribution in [3.05, 3.63) is 54.1 Å². The van der Waals surface area contributed by atoms with Crippen molar-refractivity contribution in [1.82, 2.24) is 0 Å². The van der Waals surface area contributed by atoms with Gasteiger partial charge in [-0.1, -0.05) is 18.2 Å². The van der Waals surface area contributed by atoms with Gasteiger partial charge < -0.3 is 19.5 Å². The van der Waals surface area contributed by atoms with Crippen LogP contribution in [0.25, 0.3) is 0 Å². The average molecular weight is 355 g/mol. The predicted molar refractivity (Wildman–Crippen MR) is 96.9 cm³/mol. The minimum absolute atomic E-state index is 0.0150. The van der Waals surface area contributed by atoms with Gasteiger partial charge in [-0.05, 0) is 43.2 Å². The van der Waals surface area contributed by atoms with Crippen LogP contribution in [0, 0.1) is 0 Å². The van der Waals surface area contributed by atoms with Gasteiger partial charge in [-0.2, -0.15) is 0 Å². The van der Waals surface area contributed by atoms with Crippen molar-refractivity contribution in [1.29, 1.82) is 0 Å². The lowest BCUT2D eigenvalue weighted by Crippen LogP contribution is -2.36. The van der Waals surface area contributed by atoms with Crippen LogP contribution in [0.3, 0.4) is 0 Å². The molecule has 26 heavy (non-hydrogen) atoms. The van der Waals surface area contributed by atoms with E-state index in [-0.39, 0.29) is 5.91 Å². The number of carbonyl (C=O) groups excluding carboxylic acids is 1. The van der Waals surface area contributed by atoms with Crippen molar-refractivity contribution in [3.8, 4) is 11.5 Å². The van der Waals surface area contributed by atoms with Crippen LogP contribution in [0.1, 0.15) is 18.4 Å². The van der Waals surface area contributed by atoms with E-state index in [1.807, 2.05) is 24.3 Å². The third kappa shape index (κ3) is 3.35. The van der Waals surface area contributed by atoms with Gasteiger partial charge in [0.1, 0.15) is 11.5 Å². The van der Waals surface area contributed by atoms with E-state index in [9.17, 15) is 9.59 Å². The molecule has 6 heteroatoms. The number of ether oxygens (including phenoxy) is 2. The molecule has 0 bridgehead atoms. The van der Waals surface area contributed by atoms with Gasteiger partial charge in [-0.15, -0.1) is 0 Å². The molecular formula is C20H21NO5. The van der Waals surface area contributed by atoms with E-state index in [2.05, 4.69) is 0 Å². The van der Waals surface area contributed by atoms with Crippen LogP contribution >= 0.6 is 0 Å². The molecule has 0 aliphatic heterocycles. The SMILES string of the molecule is COc1ccccc1C1(C(=O)N(C)c2ccc(OCC(=O)O)cc2)CC1. The summed E-state index contributed by atoms with van der Waals surface area (Å²) >= 11 is 0. The molecule has 136 valence electrons. The molecule has 1 amide bonds. The van der Waals surface area contributed by atoms with Gasteiger partial charge in [-0.3, -0.25) is 4.79 Å². The predicted octanol–water partition coefficient (Wildman–Crippen LogP) is 2.85. The summed E-state index contributed by atoms with van der Waals surface area (Å²) in [4.78, 5) is 25.3. The van der Waals surface area contributed by atoms with Crippen LogP contribution in [0.2, 0.25) is 0 Å². The standard InChI is InChI=1S/C20H21NO5/c1-21(14-7-9-15(10-8-14)26-13-18(22)23)19(24)20(11-12-20)16-5-3-4-6-17(16)25-2/h3-10H,11-13H2,1-2H3,(H,22,23). The number of carbonyl (C=O) groups is 2. The maximum absolute atomic E-state index is 13.2. The summed E-state index contributed by atoms with van der Waals surface area (Å²) in [7, 11) is 3.35. The Morgan fingerprint density at radius 3 is 2.35 bits per heavy atom. The molecule has 0 atom stereocenters. The zero-order chi connectivity index (χ0) is 18.7. The van der Waals surface area contributed by atoms with Gasteiger partial charge in [0.05, 0.1) is 12.5 Å². The van der Waals surface area contributed by atoms with Gasteiger partial charge in [0.25, 0.3) is 0 Å². The number of carboxylic acids is 1. The highest BCUT2D eigenvalue weighted by Gasteiger charge is 2.54. The van der Waals surface area contributed by atoms with Crippen LogP contribution in [-0.4, -0.2) is 37.7 Å². The average Bonchev–Trinajstić information content (AvgIpc) is 3.47. The third-order valence-corrected chi connectivity index (χ3v) is 4.67. The first kappa shape index (κ1) is 17.8. The highest BCUT2D eigenvalue weighted by molar-refractivity contribution is 6.03. The van der Waals surface area contributed by atoms with E-state index in [0.29, 0.717) is 5.75 Å². The Labute approximate surface area is 152 Å². The van der Waals surface area contributed by atoms with E-state index in [1.165, 1.54) is 0 Å². The Balaban J connectivity index is 1.78. The lowest BCUT2D eigenvalue weighted by atomic mass is 9.93. The number of hydrogen-bond acceptors (Lipinski definition) is 4. The van der Waals surface area contributed by atoms with Crippen LogP contribution in [0.5, 0.6) is 11.5 Å². The highest BCUT2D eigenvalue weighted by atomic mass is 16.5. The Morgan fingerprint density at radius 2 is 1.77 bits per heavy atom. The van der Waals surface area contributed by atoms with Crippen molar-refractivity contribution in [2.75, 3.05) is 25.7 Å². The smallest absolute Gasteiger partial charge is 0.341 e. The van der Waals surface area contributed by atoms with Gasteiger partial charge in [0.15, 0.2) is 6.61 Å². The number of hydrogen-bond donors (Lipinski definition) is 1. The van der Waals surface area contributed by atoms with Gasteiger partial charge in [0.2, 0.25) is 5.91 Å². The molecule has 2 aromatic rings. The number of rotatable bonds is 7. The Bertz CT molecular complexity index is 811. The van der Waals surface area contributed by atoms with E-state index < -0.39 is 18.0 Å². The molecular weight excluding hydrogens is 334 g/mol. The zero-order valence-corrected chi connectivity index (χ0v) is 14.8. The van der Waals surface area contributed by atoms with E-state index in [4.69, 9.17) is 14.6 Å². The summed E-state index contributed by atoms with van der Waals surface area (Å²) in [6.07, 6.45) is 1.58. The van der Waals surface area contributed by atoms with E-state index in [1.54, 1.807) is 43.3 Å². The molecule has 1 aliphatic rings. The van der Waals surface area contributed by atoms with Crippen molar-refractivity contribution in [3.63, 3.8) is 0 Å². The first-order valence-electron chi connectivity index (χ1n) is 8.34. The molecule has 1 aliphatic carbocycles. The quantitative estimate of drug-likeness (QED) is 0.826. The second kappa shape index (κ2) is 7.07. The second-order valence-electron chi connectivity index (χ2n) is 6.32. The second-order valence-corrected chi connectivity index (χ2v) is 6.32. The first-order valence-corrected chi connectivity index (χ1v) is 8.34. The van der Waals surface area contributed by atoms with Crippen LogP contribution < -0.4 is 14.4 Å². The summed E-state index contributed by atoms with van der Waals surface area (Å²) in [5, 5.41) is 8.65. The number of para-hydroxylation sites is 1. The molecule has 0 heterocycles.